The standard InChI is InChI=1S/C3H6O2.2Ca.Sr.6H/c1-2-3(4)5;;;;;;;;;/h2H2,1H3,(H,4,5);;;;;;;;;. The van der Waals surface area contributed by atoms with E-state index in [2.05, 4.69) is 0 Å². The van der Waals surface area contributed by atoms with Crippen molar-refractivity contribution in [2.45, 2.75) is 13.3 Å². The first-order chi connectivity index (χ1) is 2.27. The Morgan fingerprint density at radius 2 is 1.62 bits per heavy atom. The molecular formula is C3H12Ca2O2Sr. The van der Waals surface area contributed by atoms with E-state index in [4.69, 9.17) is 5.11 Å². The second kappa shape index (κ2) is 16.8. The molecule has 0 bridgehead atoms. The van der Waals surface area contributed by atoms with Crippen LogP contribution in [0, 0.1) is 0 Å². The number of carboxylic acid groups (broad SMARTS) is 1. The van der Waals surface area contributed by atoms with Crippen LogP contribution in [0.15, 0.2) is 0 Å². The van der Waals surface area contributed by atoms with Crippen LogP contribution in [0.3, 0.4) is 0 Å². The predicted octanol–water partition coefficient (Wildman–Crippen LogP) is -2.27. The molecule has 42 valence electrons. The first-order valence-electron chi connectivity index (χ1n) is 1.49. The maximum absolute atomic E-state index is 9.37. The number of hydrogen-bond acceptors (Lipinski definition) is 1. The fourth-order valence-electron chi connectivity index (χ4n) is 0. The van der Waals surface area contributed by atoms with Gasteiger partial charge in [0.15, 0.2) is 0 Å². The molecule has 0 saturated heterocycles. The van der Waals surface area contributed by atoms with Crippen molar-refractivity contribution in [1.29, 1.82) is 0 Å². The van der Waals surface area contributed by atoms with Gasteiger partial charge >= 0.3 is 127 Å². The Balaban J connectivity index is -0.0000000267. The Morgan fingerprint density at radius 3 is 1.62 bits per heavy atom. The minimum absolute atomic E-state index is 0. The molecular weight excluding hydrogens is 236 g/mol. The van der Waals surface area contributed by atoms with Crippen LogP contribution in [0.25, 0.3) is 0 Å². The van der Waals surface area contributed by atoms with E-state index in [1.54, 1.807) is 6.92 Å². The minimum atomic E-state index is -0.745. The SMILES string of the molecule is CCC(=O)O.[CaH2].[CaH2].[SrH2]. The molecule has 8 heavy (non-hydrogen) atoms. The van der Waals surface area contributed by atoms with Gasteiger partial charge in [0, 0.05) is 6.42 Å². The first-order valence-corrected chi connectivity index (χ1v) is 1.49. The molecule has 0 aromatic rings. The fourth-order valence-corrected chi connectivity index (χ4v) is 0. The van der Waals surface area contributed by atoms with E-state index in [1.165, 1.54) is 0 Å². The molecule has 0 aliphatic heterocycles. The van der Waals surface area contributed by atoms with Gasteiger partial charge in [-0.1, -0.05) is 6.92 Å². The van der Waals surface area contributed by atoms with Crippen LogP contribution < -0.4 is 0 Å². The van der Waals surface area contributed by atoms with Gasteiger partial charge in [-0.3, -0.25) is 4.79 Å². The molecule has 0 spiro atoms. The van der Waals surface area contributed by atoms with Crippen molar-refractivity contribution in [3.05, 3.63) is 0 Å². The Labute approximate surface area is 146 Å². The van der Waals surface area contributed by atoms with Gasteiger partial charge in [0.05, 0.1) is 0 Å². The van der Waals surface area contributed by atoms with Crippen molar-refractivity contribution >= 4 is 127 Å². The van der Waals surface area contributed by atoms with E-state index in [0.717, 1.165) is 0 Å². The zero-order valence-corrected chi connectivity index (χ0v) is 3.06. The molecule has 0 radical (unpaired) electrons. The van der Waals surface area contributed by atoms with Gasteiger partial charge in [-0.2, -0.15) is 0 Å². The predicted molar refractivity (Wildman–Crippen MR) is 43.6 cm³/mol. The van der Waals surface area contributed by atoms with E-state index >= 15 is 0 Å². The average molecular weight is 248 g/mol. The molecule has 0 aromatic heterocycles. The van der Waals surface area contributed by atoms with E-state index in [9.17, 15) is 4.79 Å². The molecule has 0 heterocycles. The Bertz CT molecular complexity index is 50.5. The van der Waals surface area contributed by atoms with Crippen molar-refractivity contribution < 1.29 is 9.90 Å². The number of hydrogen-bond donors (Lipinski definition) is 1. The number of aliphatic carboxylic acids is 1. The Morgan fingerprint density at radius 1 is 1.50 bits per heavy atom. The van der Waals surface area contributed by atoms with E-state index in [1.807, 2.05) is 0 Å². The molecule has 2 nitrogen and oxygen atoms in total. The Hall–Kier alpha value is 3.47. The topological polar surface area (TPSA) is 37.3 Å². The maximum atomic E-state index is 9.37. The molecule has 0 atom stereocenters. The normalized spacial score (nSPS) is 4.62. The van der Waals surface area contributed by atoms with Crippen LogP contribution >= 0.6 is 0 Å². The molecule has 0 fully saturated rings. The summed E-state index contributed by atoms with van der Waals surface area (Å²) in [6.45, 7) is 1.60. The first kappa shape index (κ1) is 22.5. The number of carbonyl (C=O) groups is 1. The number of carboxylic acids is 1. The molecule has 0 rings (SSSR count). The van der Waals surface area contributed by atoms with Crippen molar-refractivity contribution in [3.63, 3.8) is 0 Å². The molecule has 1 N–H and O–H groups in total. The summed E-state index contributed by atoms with van der Waals surface area (Å²) in [5.41, 5.74) is 0. The number of rotatable bonds is 1. The summed E-state index contributed by atoms with van der Waals surface area (Å²) in [5, 5.41) is 7.72. The van der Waals surface area contributed by atoms with Gasteiger partial charge in [0.25, 0.3) is 0 Å². The summed E-state index contributed by atoms with van der Waals surface area (Å²) in [7, 11) is 0. The van der Waals surface area contributed by atoms with Gasteiger partial charge in [0.2, 0.25) is 0 Å². The zero-order valence-electron chi connectivity index (χ0n) is 3.06. The summed E-state index contributed by atoms with van der Waals surface area (Å²) < 4.78 is 0. The molecule has 0 aliphatic rings. The van der Waals surface area contributed by atoms with Crippen molar-refractivity contribution in [3.8, 4) is 0 Å². The molecule has 0 aromatic carbocycles. The van der Waals surface area contributed by atoms with Crippen LogP contribution in [-0.4, -0.2) is 132 Å². The van der Waals surface area contributed by atoms with E-state index < -0.39 is 5.97 Å². The molecule has 0 saturated carbocycles. The summed E-state index contributed by atoms with van der Waals surface area (Å²) in [5.74, 6) is -0.745. The Kier molecular flexibility index (Phi) is 47.4. The van der Waals surface area contributed by atoms with Crippen molar-refractivity contribution in [2.75, 3.05) is 0 Å². The van der Waals surface area contributed by atoms with Crippen LogP contribution in [0.4, 0.5) is 0 Å². The van der Waals surface area contributed by atoms with E-state index in [-0.39, 0.29) is 127 Å². The average Bonchev–Trinajstić information content (AvgIpc) is 1.38. The van der Waals surface area contributed by atoms with Crippen LogP contribution in [0.1, 0.15) is 13.3 Å². The van der Waals surface area contributed by atoms with Gasteiger partial charge < -0.3 is 5.11 Å². The summed E-state index contributed by atoms with van der Waals surface area (Å²) in [6.07, 6.45) is 0.222. The van der Waals surface area contributed by atoms with Crippen LogP contribution in [0.2, 0.25) is 0 Å². The second-order valence-electron chi connectivity index (χ2n) is 0.747. The second-order valence-corrected chi connectivity index (χ2v) is 0.747. The van der Waals surface area contributed by atoms with Gasteiger partial charge in [-0.25, -0.2) is 0 Å². The third-order valence-corrected chi connectivity index (χ3v) is 0.302. The third-order valence-electron chi connectivity index (χ3n) is 0.302. The third kappa shape index (κ3) is 22.7. The van der Waals surface area contributed by atoms with Crippen molar-refractivity contribution in [2.24, 2.45) is 0 Å². The monoisotopic (exact) mass is 248 g/mol. The van der Waals surface area contributed by atoms with Gasteiger partial charge in [-0.05, 0) is 0 Å². The van der Waals surface area contributed by atoms with Gasteiger partial charge in [0.1, 0.15) is 0 Å². The molecule has 0 unspecified atom stereocenters. The zero-order chi connectivity index (χ0) is 4.28. The summed E-state index contributed by atoms with van der Waals surface area (Å²) >= 11 is 0. The molecule has 5 heteroatoms. The van der Waals surface area contributed by atoms with Crippen LogP contribution in [0.5, 0.6) is 0 Å². The summed E-state index contributed by atoms with van der Waals surface area (Å²) in [4.78, 5) is 9.37. The van der Waals surface area contributed by atoms with Crippen LogP contribution in [-0.2, 0) is 4.79 Å². The molecule has 0 amide bonds. The van der Waals surface area contributed by atoms with E-state index in [0.29, 0.717) is 0 Å². The van der Waals surface area contributed by atoms with Gasteiger partial charge in [-0.15, -0.1) is 0 Å². The fraction of sp³-hybridized carbons (Fsp3) is 0.667. The summed E-state index contributed by atoms with van der Waals surface area (Å²) in [6, 6.07) is 0. The molecule has 0 aliphatic carbocycles. The van der Waals surface area contributed by atoms with Crippen molar-refractivity contribution in [1.82, 2.24) is 0 Å². The quantitative estimate of drug-likeness (QED) is 0.531.